The minimum absolute atomic E-state index is 0.431. The Hall–Kier alpha value is -2.12. The van der Waals surface area contributed by atoms with Crippen LogP contribution in [0.4, 0.5) is 5.69 Å². The van der Waals surface area contributed by atoms with Crippen LogP contribution in [0, 0.1) is 5.92 Å². The molecule has 1 saturated carbocycles. The molecule has 3 aliphatic heterocycles. The summed E-state index contributed by atoms with van der Waals surface area (Å²) in [6.07, 6.45) is 12.4. The molecule has 0 amide bonds. The molecule has 4 aliphatic rings. The van der Waals surface area contributed by atoms with E-state index in [1.807, 2.05) is 0 Å². The summed E-state index contributed by atoms with van der Waals surface area (Å²) in [4.78, 5) is 15.5. The van der Waals surface area contributed by atoms with E-state index >= 15 is 0 Å². The molecule has 0 bridgehead atoms. The lowest BCUT2D eigenvalue weighted by molar-refractivity contribution is 0.167. The van der Waals surface area contributed by atoms with Gasteiger partial charge in [0.05, 0.1) is 25.9 Å². The van der Waals surface area contributed by atoms with E-state index in [0.29, 0.717) is 31.2 Å². The molecule has 0 unspecified atom stereocenters. The van der Waals surface area contributed by atoms with E-state index in [0.717, 1.165) is 67.5 Å². The molecule has 0 radical (unpaired) electrons. The number of piperidine rings is 1. The van der Waals surface area contributed by atoms with E-state index in [-0.39, 0.29) is 0 Å². The standard InChI is InChI=1S/C31H49N5O2/c1-23(2)36-17-12-25(13-18-36)33-31-26-20-29(37-3)30(38-19-9-16-35-14-7-8-15-35)21-27(26)34-28(22-32-31)24-10-5-4-6-11-24/h20-21,23-25H,4-19,22H2,1-3H3,(H,32,33). The van der Waals surface area contributed by atoms with Gasteiger partial charge in [-0.05, 0) is 83.9 Å². The number of hydrogen-bond acceptors (Lipinski definition) is 7. The van der Waals surface area contributed by atoms with Gasteiger partial charge < -0.3 is 24.6 Å². The molecule has 1 aromatic carbocycles. The predicted octanol–water partition coefficient (Wildman–Crippen LogP) is 5.44. The highest BCUT2D eigenvalue weighted by Gasteiger charge is 2.27. The zero-order valence-corrected chi connectivity index (χ0v) is 24.0. The molecule has 2 saturated heterocycles. The van der Waals surface area contributed by atoms with Crippen molar-refractivity contribution < 1.29 is 9.47 Å². The van der Waals surface area contributed by atoms with E-state index in [9.17, 15) is 0 Å². The zero-order valence-electron chi connectivity index (χ0n) is 24.0. The molecule has 7 nitrogen and oxygen atoms in total. The maximum atomic E-state index is 6.31. The summed E-state index contributed by atoms with van der Waals surface area (Å²) in [6.45, 7) is 11.8. The van der Waals surface area contributed by atoms with Crippen LogP contribution in [0.15, 0.2) is 22.1 Å². The number of nitrogens with zero attached hydrogens (tertiary/aromatic N) is 4. The summed E-state index contributed by atoms with van der Waals surface area (Å²) in [5.74, 6) is 3.08. The van der Waals surface area contributed by atoms with Crippen molar-refractivity contribution in [3.8, 4) is 11.5 Å². The van der Waals surface area contributed by atoms with Crippen molar-refractivity contribution >= 4 is 17.2 Å². The summed E-state index contributed by atoms with van der Waals surface area (Å²) in [5.41, 5.74) is 3.26. The van der Waals surface area contributed by atoms with Gasteiger partial charge in [-0.3, -0.25) is 9.98 Å². The number of likely N-dealkylation sites (tertiary alicyclic amines) is 2. The van der Waals surface area contributed by atoms with Crippen LogP contribution in [-0.4, -0.2) is 86.4 Å². The molecule has 1 N–H and O–H groups in total. The fourth-order valence-electron chi connectivity index (χ4n) is 6.55. The third-order valence-electron chi connectivity index (χ3n) is 8.95. The monoisotopic (exact) mass is 523 g/mol. The summed E-state index contributed by atoms with van der Waals surface area (Å²) >= 11 is 0. The highest BCUT2D eigenvalue weighted by Crippen LogP contribution is 2.38. The SMILES string of the molecule is COc1cc2c(cc1OCCCN1CCCC1)N=C(C1CCCCC1)CN=C2NC1CCN(C(C)C)CC1. The summed E-state index contributed by atoms with van der Waals surface area (Å²) < 4.78 is 12.1. The number of aliphatic imine (C=N–C) groups is 2. The van der Waals surface area contributed by atoms with E-state index < -0.39 is 0 Å². The van der Waals surface area contributed by atoms with Crippen LogP contribution in [0.3, 0.4) is 0 Å². The van der Waals surface area contributed by atoms with E-state index in [1.165, 1.54) is 63.7 Å². The number of fused-ring (bicyclic) bond motifs is 1. The largest absolute Gasteiger partial charge is 0.493 e. The third-order valence-corrected chi connectivity index (χ3v) is 8.95. The first-order chi connectivity index (χ1) is 18.6. The fourth-order valence-corrected chi connectivity index (χ4v) is 6.55. The first-order valence-electron chi connectivity index (χ1n) is 15.3. The maximum absolute atomic E-state index is 6.31. The van der Waals surface area contributed by atoms with Crippen LogP contribution < -0.4 is 14.8 Å². The van der Waals surface area contributed by atoms with Crippen molar-refractivity contribution in [3.63, 3.8) is 0 Å². The van der Waals surface area contributed by atoms with Crippen LogP contribution in [0.5, 0.6) is 11.5 Å². The molecule has 210 valence electrons. The Labute approximate surface area is 230 Å². The lowest BCUT2D eigenvalue weighted by atomic mass is 9.85. The van der Waals surface area contributed by atoms with Gasteiger partial charge in [0.25, 0.3) is 0 Å². The number of hydrogen-bond donors (Lipinski definition) is 1. The molecular formula is C31H49N5O2. The Morgan fingerprint density at radius 1 is 0.947 bits per heavy atom. The van der Waals surface area contributed by atoms with Gasteiger partial charge in [-0.2, -0.15) is 0 Å². The molecule has 3 fully saturated rings. The van der Waals surface area contributed by atoms with Crippen molar-refractivity contribution in [2.45, 2.75) is 90.1 Å². The van der Waals surface area contributed by atoms with Crippen LogP contribution in [0.2, 0.25) is 0 Å². The Morgan fingerprint density at radius 2 is 1.71 bits per heavy atom. The van der Waals surface area contributed by atoms with E-state index in [4.69, 9.17) is 19.5 Å². The third kappa shape index (κ3) is 6.90. The molecule has 0 aromatic heterocycles. The van der Waals surface area contributed by atoms with Crippen molar-refractivity contribution in [2.24, 2.45) is 15.9 Å². The second-order valence-electron chi connectivity index (χ2n) is 11.9. The number of benzene rings is 1. The normalized spacial score (nSPS) is 22.1. The molecule has 0 atom stereocenters. The van der Waals surface area contributed by atoms with E-state index in [1.54, 1.807) is 7.11 Å². The second kappa shape index (κ2) is 13.3. The Balaban J connectivity index is 1.35. The zero-order chi connectivity index (χ0) is 26.3. The highest BCUT2D eigenvalue weighted by molar-refractivity contribution is 6.08. The van der Waals surface area contributed by atoms with Crippen molar-refractivity contribution in [3.05, 3.63) is 17.7 Å². The van der Waals surface area contributed by atoms with E-state index in [2.05, 4.69) is 41.1 Å². The van der Waals surface area contributed by atoms with Crippen molar-refractivity contribution in [1.82, 2.24) is 15.1 Å². The number of rotatable bonds is 9. The maximum Gasteiger partial charge on any atom is 0.163 e. The quantitative estimate of drug-likeness (QED) is 0.437. The number of nitrogens with one attached hydrogen (secondary N) is 1. The smallest absolute Gasteiger partial charge is 0.163 e. The molecule has 3 heterocycles. The van der Waals surface area contributed by atoms with Gasteiger partial charge in [0.1, 0.15) is 5.84 Å². The first kappa shape index (κ1) is 27.4. The van der Waals surface area contributed by atoms with Gasteiger partial charge in [0.15, 0.2) is 11.5 Å². The average molecular weight is 524 g/mol. The van der Waals surface area contributed by atoms with Gasteiger partial charge in [0.2, 0.25) is 0 Å². The molecule has 0 spiro atoms. The summed E-state index contributed by atoms with van der Waals surface area (Å²) in [7, 11) is 1.73. The van der Waals surface area contributed by atoms with Crippen molar-refractivity contribution in [2.75, 3.05) is 53.0 Å². The van der Waals surface area contributed by atoms with Gasteiger partial charge in [-0.25, -0.2) is 0 Å². The number of ether oxygens (including phenoxy) is 2. The Kier molecular flexibility index (Phi) is 9.60. The first-order valence-corrected chi connectivity index (χ1v) is 15.3. The molecular weight excluding hydrogens is 474 g/mol. The highest BCUT2D eigenvalue weighted by atomic mass is 16.5. The molecule has 7 heteroatoms. The van der Waals surface area contributed by atoms with Crippen molar-refractivity contribution in [1.29, 1.82) is 0 Å². The fraction of sp³-hybridized carbons (Fsp3) is 0.742. The number of amidine groups is 1. The lowest BCUT2D eigenvalue weighted by Gasteiger charge is -2.35. The second-order valence-corrected chi connectivity index (χ2v) is 11.9. The topological polar surface area (TPSA) is 61.7 Å². The minimum Gasteiger partial charge on any atom is -0.493 e. The van der Waals surface area contributed by atoms with Gasteiger partial charge in [0, 0.05) is 49.1 Å². The van der Waals surface area contributed by atoms with Gasteiger partial charge in [-0.1, -0.05) is 19.3 Å². The Morgan fingerprint density at radius 3 is 2.42 bits per heavy atom. The molecule has 5 rings (SSSR count). The summed E-state index contributed by atoms with van der Waals surface area (Å²) in [6, 6.07) is 5.25. The average Bonchev–Trinajstić information content (AvgIpc) is 3.40. The molecule has 38 heavy (non-hydrogen) atoms. The Bertz CT molecular complexity index is 971. The minimum atomic E-state index is 0.431. The lowest BCUT2D eigenvalue weighted by Crippen LogP contribution is -2.46. The van der Waals surface area contributed by atoms with Gasteiger partial charge >= 0.3 is 0 Å². The van der Waals surface area contributed by atoms with Crippen LogP contribution in [0.1, 0.15) is 83.6 Å². The van der Waals surface area contributed by atoms with Crippen LogP contribution in [0.25, 0.3) is 0 Å². The van der Waals surface area contributed by atoms with Crippen LogP contribution in [-0.2, 0) is 0 Å². The summed E-state index contributed by atoms with van der Waals surface area (Å²) in [5, 5.41) is 3.84. The molecule has 1 aliphatic carbocycles. The molecule has 1 aromatic rings. The van der Waals surface area contributed by atoms with Crippen LogP contribution >= 0.6 is 0 Å². The predicted molar refractivity (Wildman–Crippen MR) is 157 cm³/mol. The van der Waals surface area contributed by atoms with Gasteiger partial charge in [-0.15, -0.1) is 0 Å². The number of methoxy groups -OCH3 is 1.